The van der Waals surface area contributed by atoms with Gasteiger partial charge in [0.25, 0.3) is 0 Å². The molecule has 0 saturated carbocycles. The fourth-order valence-corrected chi connectivity index (χ4v) is 1.61. The lowest BCUT2D eigenvalue weighted by Gasteiger charge is -2.18. The first-order valence-corrected chi connectivity index (χ1v) is 6.44. The van der Waals surface area contributed by atoms with Crippen molar-refractivity contribution < 1.29 is 19.4 Å². The monoisotopic (exact) mass is 280 g/mol. The molecule has 0 fully saturated rings. The largest absolute Gasteiger partial charge is 0.508 e. The second-order valence-electron chi connectivity index (χ2n) is 4.47. The highest BCUT2D eigenvalue weighted by molar-refractivity contribution is 5.87. The molecule has 1 aromatic carbocycles. The van der Waals surface area contributed by atoms with Crippen molar-refractivity contribution in [3.8, 4) is 5.75 Å². The highest BCUT2D eigenvalue weighted by Crippen LogP contribution is 2.12. The molecule has 0 spiro atoms. The van der Waals surface area contributed by atoms with Crippen molar-refractivity contribution in [1.82, 2.24) is 5.32 Å². The summed E-state index contributed by atoms with van der Waals surface area (Å²) in [5.41, 5.74) is 6.27. The highest BCUT2D eigenvalue weighted by atomic mass is 16.5. The van der Waals surface area contributed by atoms with E-state index < -0.39 is 24.0 Å². The van der Waals surface area contributed by atoms with Gasteiger partial charge in [-0.25, -0.2) is 4.79 Å². The Morgan fingerprint density at radius 2 is 1.95 bits per heavy atom. The Hall–Kier alpha value is -2.08. The lowest BCUT2D eigenvalue weighted by atomic mass is 10.1. The van der Waals surface area contributed by atoms with Crippen LogP contribution < -0.4 is 11.1 Å². The predicted molar refractivity (Wildman–Crippen MR) is 74.0 cm³/mol. The van der Waals surface area contributed by atoms with Crippen LogP contribution in [0.25, 0.3) is 0 Å². The Kier molecular flexibility index (Phi) is 5.99. The first-order valence-electron chi connectivity index (χ1n) is 6.44. The van der Waals surface area contributed by atoms with Crippen LogP contribution in [0, 0.1) is 0 Å². The number of esters is 1. The summed E-state index contributed by atoms with van der Waals surface area (Å²) in [6.07, 6.45) is 0.275. The van der Waals surface area contributed by atoms with Crippen molar-refractivity contribution in [2.45, 2.75) is 32.4 Å². The standard InChI is InChI=1S/C14H20N2O4/c1-3-20-14(19)12(16-13(18)9(2)15)8-10-4-6-11(17)7-5-10/h4-7,9,12,17H,3,8,15H2,1-2H3,(H,16,18)/t9-,12-/m0/s1. The van der Waals surface area contributed by atoms with Gasteiger partial charge in [0.1, 0.15) is 11.8 Å². The summed E-state index contributed by atoms with van der Waals surface area (Å²) in [6.45, 7) is 3.47. The molecule has 1 aromatic rings. The lowest BCUT2D eigenvalue weighted by molar-refractivity contribution is -0.147. The van der Waals surface area contributed by atoms with Crippen LogP contribution in [0.1, 0.15) is 19.4 Å². The van der Waals surface area contributed by atoms with Crippen LogP contribution in [0.15, 0.2) is 24.3 Å². The number of phenolic OH excluding ortho intramolecular Hbond substituents is 1. The van der Waals surface area contributed by atoms with E-state index in [0.29, 0.717) is 0 Å². The zero-order chi connectivity index (χ0) is 15.1. The fraction of sp³-hybridized carbons (Fsp3) is 0.429. The Morgan fingerprint density at radius 3 is 2.45 bits per heavy atom. The minimum absolute atomic E-state index is 0.140. The summed E-state index contributed by atoms with van der Waals surface area (Å²) >= 11 is 0. The molecule has 2 atom stereocenters. The third kappa shape index (κ3) is 4.89. The maximum absolute atomic E-state index is 11.8. The number of carbonyl (C=O) groups is 2. The van der Waals surface area contributed by atoms with E-state index in [1.54, 1.807) is 19.1 Å². The van der Waals surface area contributed by atoms with Gasteiger partial charge in [-0.2, -0.15) is 0 Å². The SMILES string of the molecule is CCOC(=O)[C@H](Cc1ccc(O)cc1)NC(=O)[C@H](C)N. The normalized spacial score (nSPS) is 13.3. The molecule has 1 amide bonds. The van der Waals surface area contributed by atoms with Crippen molar-refractivity contribution in [3.63, 3.8) is 0 Å². The van der Waals surface area contributed by atoms with Gasteiger partial charge in [-0.05, 0) is 31.5 Å². The third-order valence-corrected chi connectivity index (χ3v) is 2.68. The van der Waals surface area contributed by atoms with Gasteiger partial charge in [-0.15, -0.1) is 0 Å². The van der Waals surface area contributed by atoms with Gasteiger partial charge in [0.15, 0.2) is 0 Å². The summed E-state index contributed by atoms with van der Waals surface area (Å²) in [5, 5.41) is 11.8. The average Bonchev–Trinajstić information content (AvgIpc) is 2.40. The summed E-state index contributed by atoms with van der Waals surface area (Å²) < 4.78 is 4.94. The Labute approximate surface area is 117 Å². The van der Waals surface area contributed by atoms with Crippen molar-refractivity contribution in [2.24, 2.45) is 5.73 Å². The van der Waals surface area contributed by atoms with Gasteiger partial charge in [-0.1, -0.05) is 12.1 Å². The summed E-state index contributed by atoms with van der Waals surface area (Å²) in [7, 11) is 0. The van der Waals surface area contributed by atoms with Gasteiger partial charge >= 0.3 is 5.97 Å². The molecule has 6 nitrogen and oxygen atoms in total. The molecule has 6 heteroatoms. The highest BCUT2D eigenvalue weighted by Gasteiger charge is 2.23. The number of amides is 1. The molecule has 0 radical (unpaired) electrons. The summed E-state index contributed by atoms with van der Waals surface area (Å²) in [5.74, 6) is -0.780. The number of ether oxygens (including phenoxy) is 1. The minimum Gasteiger partial charge on any atom is -0.508 e. The van der Waals surface area contributed by atoms with E-state index in [1.165, 1.54) is 19.1 Å². The average molecular weight is 280 g/mol. The van der Waals surface area contributed by atoms with Gasteiger partial charge < -0.3 is 20.9 Å². The molecule has 1 rings (SSSR count). The zero-order valence-electron chi connectivity index (χ0n) is 11.6. The van der Waals surface area contributed by atoms with E-state index in [4.69, 9.17) is 10.5 Å². The van der Waals surface area contributed by atoms with E-state index in [0.717, 1.165) is 5.56 Å². The topological polar surface area (TPSA) is 102 Å². The van der Waals surface area contributed by atoms with Gasteiger partial charge in [0.05, 0.1) is 12.6 Å². The van der Waals surface area contributed by atoms with E-state index >= 15 is 0 Å². The number of rotatable bonds is 6. The molecule has 0 aliphatic heterocycles. The lowest BCUT2D eigenvalue weighted by Crippen LogP contribution is -2.48. The number of nitrogens with one attached hydrogen (secondary N) is 1. The van der Waals surface area contributed by atoms with E-state index in [-0.39, 0.29) is 18.8 Å². The number of nitrogens with two attached hydrogens (primary N) is 1. The Bertz CT molecular complexity index is 457. The number of benzene rings is 1. The second-order valence-corrected chi connectivity index (χ2v) is 4.47. The Balaban J connectivity index is 2.79. The van der Waals surface area contributed by atoms with Crippen LogP contribution in [0.5, 0.6) is 5.75 Å². The molecule has 0 bridgehead atoms. The maximum atomic E-state index is 11.8. The van der Waals surface area contributed by atoms with E-state index in [9.17, 15) is 14.7 Å². The van der Waals surface area contributed by atoms with Crippen molar-refractivity contribution in [2.75, 3.05) is 6.61 Å². The summed E-state index contributed by atoms with van der Waals surface area (Å²) in [6, 6.07) is 4.90. The van der Waals surface area contributed by atoms with Gasteiger partial charge in [-0.3, -0.25) is 4.79 Å². The molecular formula is C14H20N2O4. The van der Waals surface area contributed by atoms with Crippen molar-refractivity contribution >= 4 is 11.9 Å². The van der Waals surface area contributed by atoms with Gasteiger partial charge in [0.2, 0.25) is 5.91 Å². The Morgan fingerprint density at radius 1 is 1.35 bits per heavy atom. The van der Waals surface area contributed by atoms with E-state index in [2.05, 4.69) is 5.32 Å². The molecule has 110 valence electrons. The molecule has 4 N–H and O–H groups in total. The number of hydrogen-bond acceptors (Lipinski definition) is 5. The predicted octanol–water partition coefficient (Wildman–Crippen LogP) is 0.330. The molecule has 0 aromatic heterocycles. The molecule has 0 aliphatic rings. The quantitative estimate of drug-likeness (QED) is 0.652. The number of aromatic hydroxyl groups is 1. The molecule has 0 aliphatic carbocycles. The van der Waals surface area contributed by atoms with Crippen LogP contribution in [-0.4, -0.2) is 35.7 Å². The number of phenols is 1. The van der Waals surface area contributed by atoms with Crippen molar-refractivity contribution in [1.29, 1.82) is 0 Å². The number of carbonyl (C=O) groups excluding carboxylic acids is 2. The molecule has 0 saturated heterocycles. The van der Waals surface area contributed by atoms with Crippen LogP contribution in [-0.2, 0) is 20.7 Å². The fourth-order valence-electron chi connectivity index (χ4n) is 1.61. The maximum Gasteiger partial charge on any atom is 0.328 e. The number of hydrogen-bond donors (Lipinski definition) is 3. The van der Waals surface area contributed by atoms with Gasteiger partial charge in [0, 0.05) is 6.42 Å². The summed E-state index contributed by atoms with van der Waals surface area (Å²) in [4.78, 5) is 23.5. The van der Waals surface area contributed by atoms with Crippen LogP contribution in [0.4, 0.5) is 0 Å². The van der Waals surface area contributed by atoms with Crippen LogP contribution in [0.3, 0.4) is 0 Å². The molecular weight excluding hydrogens is 260 g/mol. The first kappa shape index (κ1) is 16.0. The minimum atomic E-state index is -0.794. The van der Waals surface area contributed by atoms with Crippen LogP contribution >= 0.6 is 0 Å². The molecule has 0 heterocycles. The second kappa shape index (κ2) is 7.49. The molecule has 20 heavy (non-hydrogen) atoms. The first-order chi connectivity index (χ1) is 9.43. The third-order valence-electron chi connectivity index (χ3n) is 2.68. The smallest absolute Gasteiger partial charge is 0.328 e. The zero-order valence-corrected chi connectivity index (χ0v) is 11.6. The van der Waals surface area contributed by atoms with Crippen LogP contribution in [0.2, 0.25) is 0 Å². The van der Waals surface area contributed by atoms with Crippen molar-refractivity contribution in [3.05, 3.63) is 29.8 Å². The van der Waals surface area contributed by atoms with E-state index in [1.807, 2.05) is 0 Å². The molecule has 0 unspecified atom stereocenters.